The molecular weight excluding hydrogens is 222 g/mol. The highest BCUT2D eigenvalue weighted by atomic mass is 16.5. The number of hydrogen-bond acceptors (Lipinski definition) is 2. The third-order valence-corrected chi connectivity index (χ3v) is 4.00. The summed E-state index contributed by atoms with van der Waals surface area (Å²) in [6.45, 7) is 4.29. The molecule has 100 valence electrons. The van der Waals surface area contributed by atoms with Gasteiger partial charge in [0, 0.05) is 6.04 Å². The first-order chi connectivity index (χ1) is 8.69. The van der Waals surface area contributed by atoms with E-state index in [0.29, 0.717) is 6.10 Å². The van der Waals surface area contributed by atoms with Crippen molar-refractivity contribution in [2.45, 2.75) is 58.1 Å². The molecule has 0 spiro atoms. The molecule has 1 fully saturated rings. The molecular formula is C16H25NO. The van der Waals surface area contributed by atoms with Gasteiger partial charge >= 0.3 is 0 Å². The molecule has 1 aromatic rings. The molecule has 2 rings (SSSR count). The lowest BCUT2D eigenvalue weighted by molar-refractivity contribution is 0.122. The molecule has 1 aliphatic carbocycles. The monoisotopic (exact) mass is 247 g/mol. The first kappa shape index (κ1) is 13.4. The highest BCUT2D eigenvalue weighted by molar-refractivity contribution is 5.30. The van der Waals surface area contributed by atoms with Crippen LogP contribution in [-0.4, -0.2) is 6.10 Å². The molecule has 3 atom stereocenters. The average Bonchev–Trinajstić information content (AvgIpc) is 2.39. The van der Waals surface area contributed by atoms with E-state index < -0.39 is 0 Å². The summed E-state index contributed by atoms with van der Waals surface area (Å²) in [4.78, 5) is 0. The highest BCUT2D eigenvalue weighted by Gasteiger charge is 2.22. The van der Waals surface area contributed by atoms with Gasteiger partial charge in [-0.3, -0.25) is 0 Å². The van der Waals surface area contributed by atoms with Gasteiger partial charge in [-0.2, -0.15) is 0 Å². The van der Waals surface area contributed by atoms with Crippen LogP contribution < -0.4 is 10.5 Å². The molecule has 2 heteroatoms. The molecule has 0 heterocycles. The fourth-order valence-corrected chi connectivity index (χ4v) is 2.78. The lowest BCUT2D eigenvalue weighted by atomic mass is 9.85. The third kappa shape index (κ3) is 3.49. The highest BCUT2D eigenvalue weighted by Crippen LogP contribution is 2.30. The van der Waals surface area contributed by atoms with Crippen LogP contribution in [0.3, 0.4) is 0 Å². The Morgan fingerprint density at radius 1 is 1.39 bits per heavy atom. The minimum absolute atomic E-state index is 0.0725. The number of benzene rings is 1. The minimum Gasteiger partial charge on any atom is -0.490 e. The van der Waals surface area contributed by atoms with Crippen molar-refractivity contribution in [3.8, 4) is 5.75 Å². The van der Waals surface area contributed by atoms with E-state index in [1.807, 2.05) is 19.1 Å². The van der Waals surface area contributed by atoms with Crippen molar-refractivity contribution in [1.82, 2.24) is 0 Å². The van der Waals surface area contributed by atoms with Crippen molar-refractivity contribution < 1.29 is 4.74 Å². The summed E-state index contributed by atoms with van der Waals surface area (Å²) in [5.41, 5.74) is 7.05. The first-order valence-corrected chi connectivity index (χ1v) is 7.21. The van der Waals surface area contributed by atoms with Gasteiger partial charge in [-0.1, -0.05) is 31.9 Å². The molecule has 0 amide bonds. The van der Waals surface area contributed by atoms with Crippen LogP contribution in [-0.2, 0) is 0 Å². The van der Waals surface area contributed by atoms with E-state index in [1.54, 1.807) is 0 Å². The second kappa shape index (κ2) is 6.24. The van der Waals surface area contributed by atoms with Crippen molar-refractivity contribution in [3.63, 3.8) is 0 Å². The second-order valence-corrected chi connectivity index (χ2v) is 5.54. The maximum atomic E-state index is 6.12. The Morgan fingerprint density at radius 3 is 2.94 bits per heavy atom. The molecule has 1 aliphatic rings. The maximum Gasteiger partial charge on any atom is 0.120 e. The van der Waals surface area contributed by atoms with E-state index in [2.05, 4.69) is 19.1 Å². The van der Waals surface area contributed by atoms with Gasteiger partial charge < -0.3 is 10.5 Å². The Balaban J connectivity index is 1.98. The standard InChI is InChI=1S/C16H25NO/c1-3-13-6-4-8-15(10-13)18-16-9-5-7-14(11-16)12(2)17/h5,7,9,11-13,15H,3-4,6,8,10,17H2,1-2H3/t12-,13?,15?/m0/s1. The molecule has 1 saturated carbocycles. The van der Waals surface area contributed by atoms with Crippen LogP contribution in [0, 0.1) is 5.92 Å². The van der Waals surface area contributed by atoms with E-state index in [4.69, 9.17) is 10.5 Å². The Labute approximate surface area is 111 Å². The van der Waals surface area contributed by atoms with Crippen LogP contribution in [0.5, 0.6) is 5.75 Å². The van der Waals surface area contributed by atoms with Crippen LogP contribution in [0.15, 0.2) is 24.3 Å². The number of ether oxygens (including phenoxy) is 1. The molecule has 0 aliphatic heterocycles. The lowest BCUT2D eigenvalue weighted by Crippen LogP contribution is -2.25. The quantitative estimate of drug-likeness (QED) is 0.871. The van der Waals surface area contributed by atoms with Gasteiger partial charge in [0.15, 0.2) is 0 Å². The summed E-state index contributed by atoms with van der Waals surface area (Å²) in [5.74, 6) is 1.83. The Hall–Kier alpha value is -1.02. The molecule has 0 radical (unpaired) electrons. The fraction of sp³-hybridized carbons (Fsp3) is 0.625. The largest absolute Gasteiger partial charge is 0.490 e. The van der Waals surface area contributed by atoms with Crippen molar-refractivity contribution in [3.05, 3.63) is 29.8 Å². The van der Waals surface area contributed by atoms with Crippen LogP contribution in [0.25, 0.3) is 0 Å². The van der Waals surface area contributed by atoms with E-state index in [1.165, 1.54) is 32.1 Å². The molecule has 0 bridgehead atoms. The summed E-state index contributed by atoms with van der Waals surface area (Å²) in [7, 11) is 0. The summed E-state index contributed by atoms with van der Waals surface area (Å²) >= 11 is 0. The zero-order chi connectivity index (χ0) is 13.0. The van der Waals surface area contributed by atoms with Gasteiger partial charge in [-0.15, -0.1) is 0 Å². The van der Waals surface area contributed by atoms with Crippen LogP contribution >= 0.6 is 0 Å². The topological polar surface area (TPSA) is 35.2 Å². The molecule has 1 aromatic carbocycles. The normalized spacial score (nSPS) is 25.7. The first-order valence-electron chi connectivity index (χ1n) is 7.21. The lowest BCUT2D eigenvalue weighted by Gasteiger charge is -2.29. The van der Waals surface area contributed by atoms with Crippen molar-refractivity contribution in [2.75, 3.05) is 0 Å². The molecule has 18 heavy (non-hydrogen) atoms. The number of nitrogens with two attached hydrogens (primary N) is 1. The minimum atomic E-state index is 0.0725. The van der Waals surface area contributed by atoms with Gasteiger partial charge in [0.25, 0.3) is 0 Å². The summed E-state index contributed by atoms with van der Waals surface area (Å²) < 4.78 is 6.12. The van der Waals surface area contributed by atoms with E-state index in [-0.39, 0.29) is 6.04 Å². The average molecular weight is 247 g/mol. The number of rotatable bonds is 4. The molecule has 2 nitrogen and oxygen atoms in total. The van der Waals surface area contributed by atoms with Gasteiger partial charge in [0.2, 0.25) is 0 Å². The van der Waals surface area contributed by atoms with Gasteiger partial charge in [-0.25, -0.2) is 0 Å². The zero-order valence-electron chi connectivity index (χ0n) is 11.6. The van der Waals surface area contributed by atoms with Gasteiger partial charge in [-0.05, 0) is 49.8 Å². The molecule has 2 N–H and O–H groups in total. The smallest absolute Gasteiger partial charge is 0.120 e. The van der Waals surface area contributed by atoms with Crippen LogP contribution in [0.1, 0.15) is 57.6 Å². The zero-order valence-corrected chi connectivity index (χ0v) is 11.6. The van der Waals surface area contributed by atoms with E-state index in [9.17, 15) is 0 Å². The summed E-state index contributed by atoms with van der Waals surface area (Å²) in [6.07, 6.45) is 6.75. The Morgan fingerprint density at radius 2 is 2.22 bits per heavy atom. The SMILES string of the molecule is CCC1CCCC(Oc2cccc([C@H](C)N)c2)C1. The molecule has 0 aromatic heterocycles. The van der Waals surface area contributed by atoms with Crippen molar-refractivity contribution >= 4 is 0 Å². The van der Waals surface area contributed by atoms with Crippen molar-refractivity contribution in [2.24, 2.45) is 11.7 Å². The number of hydrogen-bond donors (Lipinski definition) is 1. The summed E-state index contributed by atoms with van der Waals surface area (Å²) in [6, 6.07) is 8.30. The van der Waals surface area contributed by atoms with Crippen LogP contribution in [0.4, 0.5) is 0 Å². The maximum absolute atomic E-state index is 6.12. The van der Waals surface area contributed by atoms with Crippen LogP contribution in [0.2, 0.25) is 0 Å². The second-order valence-electron chi connectivity index (χ2n) is 5.54. The predicted molar refractivity (Wildman–Crippen MR) is 75.7 cm³/mol. The van der Waals surface area contributed by atoms with E-state index in [0.717, 1.165) is 17.2 Å². The summed E-state index contributed by atoms with van der Waals surface area (Å²) in [5, 5.41) is 0. The van der Waals surface area contributed by atoms with Gasteiger partial charge in [0.1, 0.15) is 5.75 Å². The molecule has 2 unspecified atom stereocenters. The van der Waals surface area contributed by atoms with E-state index >= 15 is 0 Å². The predicted octanol–water partition coefficient (Wildman–Crippen LogP) is 4.05. The Bertz CT molecular complexity index is 375. The Kier molecular flexibility index (Phi) is 4.65. The fourth-order valence-electron chi connectivity index (χ4n) is 2.78. The van der Waals surface area contributed by atoms with Gasteiger partial charge in [0.05, 0.1) is 6.10 Å². The van der Waals surface area contributed by atoms with Crippen molar-refractivity contribution in [1.29, 1.82) is 0 Å². The molecule has 0 saturated heterocycles. The third-order valence-electron chi connectivity index (χ3n) is 4.00.